The Morgan fingerprint density at radius 2 is 1.84 bits per heavy atom. The second kappa shape index (κ2) is 9.79. The number of nitriles is 1. The van der Waals surface area contributed by atoms with Crippen molar-refractivity contribution in [1.29, 1.82) is 5.26 Å². The van der Waals surface area contributed by atoms with Crippen molar-refractivity contribution in [3.8, 4) is 17.2 Å². The van der Waals surface area contributed by atoms with Crippen molar-refractivity contribution in [2.24, 2.45) is 0 Å². The standard InChI is InChI=1S/C25H21F3N6O3S/c1-12(2)34-23-16(10-31-25(30)32-23)7-18(24(34)35)17-8-19(26)22(21(28)20(17)27)33-38(36,37)11-14-5-4-13(3)6-15(14)9-29/h4-8,10,12,33H,11H2,1-3H3,(H2,30,31,32). The van der Waals surface area contributed by atoms with Gasteiger partial charge in [0.2, 0.25) is 16.0 Å². The van der Waals surface area contributed by atoms with E-state index in [4.69, 9.17) is 5.73 Å². The Labute approximate surface area is 215 Å². The molecule has 0 saturated carbocycles. The van der Waals surface area contributed by atoms with Crippen LogP contribution >= 0.6 is 0 Å². The lowest BCUT2D eigenvalue weighted by Crippen LogP contribution is -2.25. The number of pyridine rings is 1. The molecule has 0 spiro atoms. The fourth-order valence-electron chi connectivity index (χ4n) is 4.01. The summed E-state index contributed by atoms with van der Waals surface area (Å²) in [4.78, 5) is 21.1. The number of aromatic nitrogens is 3. The first kappa shape index (κ1) is 26.6. The van der Waals surface area contributed by atoms with E-state index in [9.17, 15) is 18.5 Å². The van der Waals surface area contributed by atoms with Gasteiger partial charge in [0.05, 0.1) is 22.9 Å². The van der Waals surface area contributed by atoms with E-state index in [-0.39, 0.29) is 33.7 Å². The first-order valence-corrected chi connectivity index (χ1v) is 12.8. The number of fused-ring (bicyclic) bond motifs is 1. The Balaban J connectivity index is 1.80. The van der Waals surface area contributed by atoms with E-state index in [2.05, 4.69) is 9.97 Å². The number of nitrogens with zero attached hydrogens (tertiary/aromatic N) is 4. The molecule has 0 fully saturated rings. The molecule has 9 nitrogen and oxygen atoms in total. The molecule has 3 N–H and O–H groups in total. The van der Waals surface area contributed by atoms with Crippen molar-refractivity contribution >= 4 is 32.7 Å². The van der Waals surface area contributed by atoms with Gasteiger partial charge in [0.1, 0.15) is 11.3 Å². The molecule has 2 heterocycles. The number of rotatable bonds is 6. The van der Waals surface area contributed by atoms with Gasteiger partial charge in [0.25, 0.3) is 5.56 Å². The zero-order chi connectivity index (χ0) is 27.9. The second-order valence-electron chi connectivity index (χ2n) is 8.88. The van der Waals surface area contributed by atoms with Gasteiger partial charge in [0, 0.05) is 23.2 Å². The van der Waals surface area contributed by atoms with Crippen LogP contribution in [0.2, 0.25) is 0 Å². The van der Waals surface area contributed by atoms with E-state index >= 15 is 13.2 Å². The Kier molecular flexibility index (Phi) is 6.86. The van der Waals surface area contributed by atoms with E-state index in [1.54, 1.807) is 31.6 Å². The van der Waals surface area contributed by atoms with Crippen LogP contribution in [-0.2, 0) is 15.8 Å². The molecule has 0 saturated heterocycles. The number of anilines is 2. The average molecular weight is 543 g/mol. The Morgan fingerprint density at radius 3 is 2.50 bits per heavy atom. The van der Waals surface area contributed by atoms with E-state index in [0.29, 0.717) is 11.6 Å². The number of hydrogen-bond acceptors (Lipinski definition) is 7. The minimum atomic E-state index is -4.47. The molecule has 0 aliphatic carbocycles. The number of sulfonamides is 1. The zero-order valence-electron chi connectivity index (χ0n) is 20.4. The molecule has 4 aromatic rings. The minimum absolute atomic E-state index is 0.0707. The zero-order valence-corrected chi connectivity index (χ0v) is 21.2. The van der Waals surface area contributed by atoms with Crippen molar-refractivity contribution < 1.29 is 21.6 Å². The predicted molar refractivity (Wildman–Crippen MR) is 136 cm³/mol. The Morgan fingerprint density at radius 1 is 1.13 bits per heavy atom. The molecule has 2 aromatic carbocycles. The van der Waals surface area contributed by atoms with Crippen LogP contribution in [0.25, 0.3) is 22.2 Å². The summed E-state index contributed by atoms with van der Waals surface area (Å²) in [7, 11) is -4.47. The number of nitrogens with one attached hydrogen (secondary N) is 1. The Bertz CT molecular complexity index is 1810. The number of nitrogen functional groups attached to an aromatic ring is 1. The van der Waals surface area contributed by atoms with Crippen LogP contribution in [0.3, 0.4) is 0 Å². The molecule has 0 radical (unpaired) electrons. The summed E-state index contributed by atoms with van der Waals surface area (Å²) in [5.41, 5.74) is 3.51. The SMILES string of the molecule is Cc1ccc(CS(=O)(=O)Nc2c(F)cc(-c3cc4cnc(N)nc4n(C(C)C)c3=O)c(F)c2F)c(C#N)c1. The van der Waals surface area contributed by atoms with Crippen LogP contribution in [0.15, 0.2) is 41.3 Å². The smallest absolute Gasteiger partial charge is 0.260 e. The van der Waals surface area contributed by atoms with Gasteiger partial charge in [-0.3, -0.25) is 14.1 Å². The predicted octanol–water partition coefficient (Wildman–Crippen LogP) is 4.16. The van der Waals surface area contributed by atoms with E-state index in [1.807, 2.05) is 6.07 Å². The molecule has 196 valence electrons. The Hall–Kier alpha value is -4.44. The largest absolute Gasteiger partial charge is 0.368 e. The summed E-state index contributed by atoms with van der Waals surface area (Å²) in [6.07, 6.45) is 1.28. The first-order chi connectivity index (χ1) is 17.8. The van der Waals surface area contributed by atoms with Gasteiger partial charge in [-0.05, 0) is 50.1 Å². The molecular formula is C25H21F3N6O3S. The fraction of sp³-hybridized carbons (Fsp3) is 0.200. The lowest BCUT2D eigenvalue weighted by molar-refractivity contribution is 0.502. The molecule has 0 amide bonds. The van der Waals surface area contributed by atoms with Crippen molar-refractivity contribution in [1.82, 2.24) is 14.5 Å². The van der Waals surface area contributed by atoms with Crippen molar-refractivity contribution in [2.75, 3.05) is 10.5 Å². The highest BCUT2D eigenvalue weighted by atomic mass is 32.2. The summed E-state index contributed by atoms with van der Waals surface area (Å²) >= 11 is 0. The molecule has 13 heteroatoms. The van der Waals surface area contributed by atoms with Crippen molar-refractivity contribution in [3.63, 3.8) is 0 Å². The maximum absolute atomic E-state index is 15.3. The number of nitrogens with two attached hydrogens (primary N) is 1. The topological polar surface area (TPSA) is 144 Å². The number of benzene rings is 2. The van der Waals surface area contributed by atoms with Crippen LogP contribution in [-0.4, -0.2) is 23.0 Å². The highest BCUT2D eigenvalue weighted by molar-refractivity contribution is 7.91. The van der Waals surface area contributed by atoms with Gasteiger partial charge in [0.15, 0.2) is 17.5 Å². The summed E-state index contributed by atoms with van der Waals surface area (Å²) in [5, 5.41) is 9.54. The van der Waals surface area contributed by atoms with Crippen LogP contribution < -0.4 is 16.0 Å². The average Bonchev–Trinajstić information content (AvgIpc) is 2.84. The summed E-state index contributed by atoms with van der Waals surface area (Å²) in [6.45, 7) is 5.02. The fourth-order valence-corrected chi connectivity index (χ4v) is 5.24. The first-order valence-electron chi connectivity index (χ1n) is 11.2. The quantitative estimate of drug-likeness (QED) is 0.348. The van der Waals surface area contributed by atoms with Crippen LogP contribution in [0.1, 0.15) is 36.6 Å². The van der Waals surface area contributed by atoms with Crippen LogP contribution in [0.5, 0.6) is 0 Å². The molecule has 0 aliphatic rings. The molecule has 0 bridgehead atoms. The van der Waals surface area contributed by atoms with E-state index in [0.717, 1.165) is 0 Å². The normalized spacial score (nSPS) is 11.6. The van der Waals surface area contributed by atoms with Crippen molar-refractivity contribution in [2.45, 2.75) is 32.6 Å². The number of hydrogen-bond donors (Lipinski definition) is 2. The number of aryl methyl sites for hydroxylation is 1. The molecule has 4 rings (SSSR count). The molecule has 2 aromatic heterocycles. The lowest BCUT2D eigenvalue weighted by atomic mass is 10.0. The van der Waals surface area contributed by atoms with Gasteiger partial charge in [-0.15, -0.1) is 0 Å². The highest BCUT2D eigenvalue weighted by Crippen LogP contribution is 2.32. The molecule has 38 heavy (non-hydrogen) atoms. The van der Waals surface area contributed by atoms with E-state index < -0.39 is 56.1 Å². The lowest BCUT2D eigenvalue weighted by Gasteiger charge is -2.17. The maximum atomic E-state index is 15.3. The molecular weight excluding hydrogens is 521 g/mol. The summed E-state index contributed by atoms with van der Waals surface area (Å²) in [5.74, 6) is -5.81. The van der Waals surface area contributed by atoms with Crippen molar-refractivity contribution in [3.05, 3.63) is 81.0 Å². The second-order valence-corrected chi connectivity index (χ2v) is 10.6. The monoisotopic (exact) mass is 542 g/mol. The van der Waals surface area contributed by atoms with E-state index in [1.165, 1.54) is 29.0 Å². The third kappa shape index (κ3) is 4.90. The van der Waals surface area contributed by atoms with Gasteiger partial charge in [-0.2, -0.15) is 10.2 Å². The third-order valence-electron chi connectivity index (χ3n) is 5.75. The summed E-state index contributed by atoms with van der Waals surface area (Å²) < 4.78 is 73.7. The van der Waals surface area contributed by atoms with Gasteiger partial charge in [-0.1, -0.05) is 12.1 Å². The highest BCUT2D eigenvalue weighted by Gasteiger charge is 2.26. The van der Waals surface area contributed by atoms with Gasteiger partial charge >= 0.3 is 0 Å². The van der Waals surface area contributed by atoms with Crippen LogP contribution in [0, 0.1) is 35.7 Å². The molecule has 0 aliphatic heterocycles. The number of halogens is 3. The molecule has 0 unspecified atom stereocenters. The third-order valence-corrected chi connectivity index (χ3v) is 6.95. The van der Waals surface area contributed by atoms with Gasteiger partial charge in [-0.25, -0.2) is 26.6 Å². The molecule has 0 atom stereocenters. The minimum Gasteiger partial charge on any atom is -0.368 e. The maximum Gasteiger partial charge on any atom is 0.260 e. The summed E-state index contributed by atoms with van der Waals surface area (Å²) in [6, 6.07) is 7.54. The van der Waals surface area contributed by atoms with Gasteiger partial charge < -0.3 is 5.73 Å². The van der Waals surface area contributed by atoms with Crippen LogP contribution in [0.4, 0.5) is 24.8 Å².